The molecule has 21 heavy (non-hydrogen) atoms. The molecule has 0 saturated heterocycles. The molecule has 0 fully saturated rings. The highest BCUT2D eigenvalue weighted by atomic mass is 32.1. The monoisotopic (exact) mass is 294 g/mol. The van der Waals surface area contributed by atoms with Gasteiger partial charge in [0, 0.05) is 11.1 Å². The van der Waals surface area contributed by atoms with E-state index in [0.717, 1.165) is 15.8 Å². The van der Waals surface area contributed by atoms with E-state index >= 15 is 0 Å². The maximum Gasteiger partial charge on any atom is 0.363 e. The molecule has 0 aliphatic carbocycles. The Hall–Kier alpha value is -2.66. The average molecular weight is 294 g/mol. The molecule has 1 N–H and O–H groups in total. The molecule has 2 heterocycles. The summed E-state index contributed by atoms with van der Waals surface area (Å²) in [5.74, 6) is 0. The van der Waals surface area contributed by atoms with Crippen LogP contribution >= 0.6 is 11.3 Å². The van der Waals surface area contributed by atoms with Crippen LogP contribution in [-0.4, -0.2) is 4.98 Å². The number of nitrogens with zero attached hydrogens (tertiary/aromatic N) is 1. The summed E-state index contributed by atoms with van der Waals surface area (Å²) in [4.78, 5) is 16.4. The van der Waals surface area contributed by atoms with Crippen molar-refractivity contribution in [3.63, 3.8) is 0 Å². The van der Waals surface area contributed by atoms with Gasteiger partial charge in [0.15, 0.2) is 10.6 Å². The zero-order chi connectivity index (χ0) is 14.2. The van der Waals surface area contributed by atoms with Crippen LogP contribution in [0.1, 0.15) is 0 Å². The van der Waals surface area contributed by atoms with Gasteiger partial charge < -0.3 is 9.73 Å². The number of aromatic nitrogens is 1. The number of anilines is 2. The molecule has 0 atom stereocenters. The summed E-state index contributed by atoms with van der Waals surface area (Å²) in [6.07, 6.45) is 0. The van der Waals surface area contributed by atoms with E-state index in [0.29, 0.717) is 16.2 Å². The van der Waals surface area contributed by atoms with Gasteiger partial charge in [-0.3, -0.25) is 0 Å². The summed E-state index contributed by atoms with van der Waals surface area (Å²) < 4.78 is 6.15. The Labute approximate surface area is 123 Å². The molecule has 0 bridgehead atoms. The van der Waals surface area contributed by atoms with Gasteiger partial charge in [0.2, 0.25) is 0 Å². The first-order chi connectivity index (χ1) is 10.3. The molecule has 5 heteroatoms. The highest BCUT2D eigenvalue weighted by molar-refractivity contribution is 7.23. The molecule has 4 aromatic rings. The summed E-state index contributed by atoms with van der Waals surface area (Å²) in [6, 6.07) is 17.2. The van der Waals surface area contributed by atoms with E-state index < -0.39 is 5.63 Å². The lowest BCUT2D eigenvalue weighted by atomic mass is 10.2. The predicted octanol–water partition coefficient (Wildman–Crippen LogP) is 4.15. The van der Waals surface area contributed by atoms with Gasteiger partial charge in [-0.05, 0) is 24.3 Å². The number of nitrogens with one attached hydrogen (secondary N) is 1. The van der Waals surface area contributed by atoms with Crippen molar-refractivity contribution in [3.05, 3.63) is 65.0 Å². The summed E-state index contributed by atoms with van der Waals surface area (Å²) >= 11 is 1.45. The van der Waals surface area contributed by atoms with Crippen LogP contribution in [0.3, 0.4) is 0 Å². The van der Waals surface area contributed by atoms with Crippen molar-refractivity contribution in [1.82, 2.24) is 4.98 Å². The van der Waals surface area contributed by atoms with Crippen molar-refractivity contribution in [2.45, 2.75) is 0 Å². The summed E-state index contributed by atoms with van der Waals surface area (Å²) in [5, 5.41) is 4.80. The van der Waals surface area contributed by atoms with Crippen LogP contribution in [0.25, 0.3) is 21.2 Å². The number of rotatable bonds is 2. The van der Waals surface area contributed by atoms with Gasteiger partial charge >= 0.3 is 5.63 Å². The van der Waals surface area contributed by atoms with Crippen molar-refractivity contribution in [3.8, 4) is 0 Å². The van der Waals surface area contributed by atoms with Crippen LogP contribution in [0.15, 0.2) is 63.8 Å². The molecule has 0 aliphatic heterocycles. The second-order valence-corrected chi connectivity index (χ2v) is 5.57. The van der Waals surface area contributed by atoms with Gasteiger partial charge in [0.05, 0.1) is 4.70 Å². The maximum absolute atomic E-state index is 12.0. The van der Waals surface area contributed by atoms with Crippen LogP contribution in [-0.2, 0) is 0 Å². The fourth-order valence-electron chi connectivity index (χ4n) is 2.23. The third-order valence-electron chi connectivity index (χ3n) is 3.18. The number of fused-ring (bicyclic) bond motifs is 3. The molecule has 102 valence electrons. The highest BCUT2D eigenvalue weighted by Crippen LogP contribution is 2.31. The molecular formula is C16H10N2O2S. The largest absolute Gasteiger partial charge is 0.421 e. The Morgan fingerprint density at radius 2 is 1.76 bits per heavy atom. The van der Waals surface area contributed by atoms with E-state index in [4.69, 9.17) is 4.42 Å². The van der Waals surface area contributed by atoms with Gasteiger partial charge in [-0.1, -0.05) is 41.7 Å². The first-order valence-corrected chi connectivity index (χ1v) is 7.27. The third kappa shape index (κ3) is 2.08. The van der Waals surface area contributed by atoms with E-state index in [9.17, 15) is 4.79 Å². The smallest absolute Gasteiger partial charge is 0.363 e. The van der Waals surface area contributed by atoms with Gasteiger partial charge in [-0.25, -0.2) is 9.78 Å². The molecule has 4 rings (SSSR count). The van der Waals surface area contributed by atoms with E-state index in [2.05, 4.69) is 10.3 Å². The minimum Gasteiger partial charge on any atom is -0.421 e. The SMILES string of the molecule is O=c1oc2ccccc2c2sc(Nc3ccccc3)nc12. The molecule has 0 radical (unpaired) electrons. The van der Waals surface area contributed by atoms with Crippen LogP contribution in [0.2, 0.25) is 0 Å². The van der Waals surface area contributed by atoms with E-state index in [1.807, 2.05) is 48.5 Å². The second-order valence-electron chi connectivity index (χ2n) is 4.57. The lowest BCUT2D eigenvalue weighted by Crippen LogP contribution is -1.99. The standard InChI is InChI=1S/C16H10N2O2S/c19-15-13-14(11-8-4-5-9-12(11)20-15)21-16(18-13)17-10-6-2-1-3-7-10/h1-9H,(H,17,18). The molecular weight excluding hydrogens is 284 g/mol. The zero-order valence-electron chi connectivity index (χ0n) is 10.9. The Morgan fingerprint density at radius 3 is 2.62 bits per heavy atom. The Morgan fingerprint density at radius 1 is 1.00 bits per heavy atom. The Bertz CT molecular complexity index is 989. The molecule has 4 nitrogen and oxygen atoms in total. The third-order valence-corrected chi connectivity index (χ3v) is 4.18. The molecule has 0 saturated carbocycles. The molecule has 2 aromatic heterocycles. The Balaban J connectivity index is 1.91. The van der Waals surface area contributed by atoms with Crippen molar-refractivity contribution in [2.24, 2.45) is 0 Å². The van der Waals surface area contributed by atoms with E-state index in [-0.39, 0.29) is 0 Å². The number of hydrogen-bond acceptors (Lipinski definition) is 5. The maximum atomic E-state index is 12.0. The summed E-state index contributed by atoms with van der Waals surface area (Å²) in [6.45, 7) is 0. The predicted molar refractivity (Wildman–Crippen MR) is 85.4 cm³/mol. The summed E-state index contributed by atoms with van der Waals surface area (Å²) in [5.41, 5.74) is 1.49. The lowest BCUT2D eigenvalue weighted by Gasteiger charge is -1.99. The number of hydrogen-bond donors (Lipinski definition) is 1. The minimum absolute atomic E-state index is 0.372. The number of thiazole rings is 1. The van der Waals surface area contributed by atoms with Crippen LogP contribution in [0.4, 0.5) is 10.8 Å². The number of para-hydroxylation sites is 2. The minimum atomic E-state index is -0.402. The molecule has 0 amide bonds. The molecule has 0 aliphatic rings. The number of benzene rings is 2. The first kappa shape index (κ1) is 12.1. The normalized spacial score (nSPS) is 11.0. The first-order valence-electron chi connectivity index (χ1n) is 6.46. The van der Waals surface area contributed by atoms with E-state index in [1.54, 1.807) is 6.07 Å². The van der Waals surface area contributed by atoms with Gasteiger partial charge in [-0.2, -0.15) is 0 Å². The van der Waals surface area contributed by atoms with Gasteiger partial charge in [-0.15, -0.1) is 0 Å². The summed E-state index contributed by atoms with van der Waals surface area (Å²) in [7, 11) is 0. The zero-order valence-corrected chi connectivity index (χ0v) is 11.7. The van der Waals surface area contributed by atoms with Gasteiger partial charge in [0.1, 0.15) is 5.58 Å². The molecule has 0 unspecified atom stereocenters. The second kappa shape index (κ2) is 4.71. The van der Waals surface area contributed by atoms with Gasteiger partial charge in [0.25, 0.3) is 0 Å². The molecule has 0 spiro atoms. The van der Waals surface area contributed by atoms with Crippen LogP contribution in [0, 0.1) is 0 Å². The quantitative estimate of drug-likeness (QED) is 0.564. The highest BCUT2D eigenvalue weighted by Gasteiger charge is 2.13. The lowest BCUT2D eigenvalue weighted by molar-refractivity contribution is 0.568. The van der Waals surface area contributed by atoms with Crippen molar-refractivity contribution in [1.29, 1.82) is 0 Å². The van der Waals surface area contributed by atoms with E-state index in [1.165, 1.54) is 11.3 Å². The average Bonchev–Trinajstić information content (AvgIpc) is 2.93. The van der Waals surface area contributed by atoms with Crippen LogP contribution in [0.5, 0.6) is 0 Å². The van der Waals surface area contributed by atoms with Crippen molar-refractivity contribution >= 4 is 43.3 Å². The van der Waals surface area contributed by atoms with Crippen molar-refractivity contribution < 1.29 is 4.42 Å². The van der Waals surface area contributed by atoms with Crippen LogP contribution < -0.4 is 10.9 Å². The topological polar surface area (TPSA) is 55.1 Å². The Kier molecular flexibility index (Phi) is 2.72. The fraction of sp³-hybridized carbons (Fsp3) is 0. The molecule has 2 aromatic carbocycles. The van der Waals surface area contributed by atoms with Crippen molar-refractivity contribution in [2.75, 3.05) is 5.32 Å². The fourth-order valence-corrected chi connectivity index (χ4v) is 3.23.